The average molecular weight is 225 g/mol. The van der Waals surface area contributed by atoms with Gasteiger partial charge in [0.25, 0.3) is 0 Å². The number of aliphatic hydroxyl groups excluding tert-OH is 1. The van der Waals surface area contributed by atoms with Gasteiger partial charge in [-0.2, -0.15) is 0 Å². The number of hydrogen-bond acceptors (Lipinski definition) is 3. The molecule has 0 amide bonds. The second-order valence-corrected chi connectivity index (χ2v) is 5.79. The molecule has 0 radical (unpaired) electrons. The summed E-state index contributed by atoms with van der Waals surface area (Å²) in [6.07, 6.45) is 5.82. The Morgan fingerprint density at radius 2 is 1.88 bits per heavy atom. The van der Waals surface area contributed by atoms with Crippen LogP contribution >= 0.6 is 0 Å². The fourth-order valence-electron chi connectivity index (χ4n) is 4.21. The third-order valence-electron chi connectivity index (χ3n) is 5.11. The highest BCUT2D eigenvalue weighted by Crippen LogP contribution is 2.43. The van der Waals surface area contributed by atoms with Crippen molar-refractivity contribution in [2.45, 2.75) is 50.3 Å². The zero-order valence-corrected chi connectivity index (χ0v) is 10.1. The molecule has 3 rings (SSSR count). The fourth-order valence-corrected chi connectivity index (χ4v) is 4.21. The van der Waals surface area contributed by atoms with Gasteiger partial charge in [0.1, 0.15) is 0 Å². The molecule has 3 aliphatic rings. The van der Waals surface area contributed by atoms with E-state index in [9.17, 15) is 5.11 Å². The average Bonchev–Trinajstić information content (AvgIpc) is 2.56. The van der Waals surface area contributed by atoms with E-state index in [1.807, 2.05) is 0 Å². The molecule has 16 heavy (non-hydrogen) atoms. The minimum atomic E-state index is -0.0585. The number of fused-ring (bicyclic) bond motifs is 2. The van der Waals surface area contributed by atoms with Crippen LogP contribution in [0.3, 0.4) is 0 Å². The predicted molar refractivity (Wildman–Crippen MR) is 62.2 cm³/mol. The lowest BCUT2D eigenvalue weighted by atomic mass is 9.75. The lowest BCUT2D eigenvalue weighted by molar-refractivity contribution is -0.0600. The Morgan fingerprint density at radius 1 is 1.12 bits per heavy atom. The van der Waals surface area contributed by atoms with E-state index in [4.69, 9.17) is 4.74 Å². The van der Waals surface area contributed by atoms with Crippen LogP contribution in [-0.4, -0.2) is 48.5 Å². The molecule has 3 nitrogen and oxygen atoms in total. The van der Waals surface area contributed by atoms with Gasteiger partial charge in [-0.3, -0.25) is 4.90 Å². The first-order valence-corrected chi connectivity index (χ1v) is 6.75. The molecule has 4 unspecified atom stereocenters. The molecule has 2 bridgehead atoms. The van der Waals surface area contributed by atoms with E-state index in [2.05, 4.69) is 11.9 Å². The van der Waals surface area contributed by atoms with Crippen molar-refractivity contribution in [2.24, 2.45) is 11.8 Å². The second-order valence-electron chi connectivity index (χ2n) is 5.79. The summed E-state index contributed by atoms with van der Waals surface area (Å²) in [5, 5.41) is 10.4. The van der Waals surface area contributed by atoms with Gasteiger partial charge in [-0.05, 0) is 45.1 Å². The van der Waals surface area contributed by atoms with E-state index < -0.39 is 0 Å². The third kappa shape index (κ3) is 1.69. The zero-order valence-electron chi connectivity index (χ0n) is 10.1. The van der Waals surface area contributed by atoms with Crippen LogP contribution in [0, 0.1) is 11.8 Å². The van der Waals surface area contributed by atoms with Crippen LogP contribution in [0.2, 0.25) is 0 Å². The van der Waals surface area contributed by atoms with Gasteiger partial charge in [0.2, 0.25) is 0 Å². The monoisotopic (exact) mass is 225 g/mol. The first kappa shape index (κ1) is 11.0. The zero-order chi connectivity index (χ0) is 11.1. The molecule has 3 aliphatic heterocycles. The van der Waals surface area contributed by atoms with Crippen molar-refractivity contribution >= 4 is 0 Å². The summed E-state index contributed by atoms with van der Waals surface area (Å²) in [6.45, 7) is 1.79. The predicted octanol–water partition coefficient (Wildman–Crippen LogP) is 1.26. The lowest BCUT2D eigenvalue weighted by Gasteiger charge is -2.45. The van der Waals surface area contributed by atoms with Crippen molar-refractivity contribution in [3.05, 3.63) is 0 Å². The lowest BCUT2D eigenvalue weighted by Crippen LogP contribution is -2.52. The number of rotatable bonds is 1. The molecular formula is C13H23NO2. The molecule has 0 aromatic rings. The van der Waals surface area contributed by atoms with E-state index in [1.54, 1.807) is 0 Å². The first-order chi connectivity index (χ1) is 7.77. The van der Waals surface area contributed by atoms with Crippen molar-refractivity contribution in [3.63, 3.8) is 0 Å². The molecule has 1 N–H and O–H groups in total. The van der Waals surface area contributed by atoms with Crippen molar-refractivity contribution in [3.8, 4) is 0 Å². The van der Waals surface area contributed by atoms with Crippen LogP contribution in [0.1, 0.15) is 32.1 Å². The molecule has 3 fully saturated rings. The number of aliphatic hydroxyl groups is 1. The number of nitrogens with zero attached hydrogens (tertiary/aromatic N) is 1. The topological polar surface area (TPSA) is 32.7 Å². The Hall–Kier alpha value is -0.120. The van der Waals surface area contributed by atoms with Crippen LogP contribution in [0.5, 0.6) is 0 Å². The molecule has 4 atom stereocenters. The Balaban J connectivity index is 1.76. The van der Waals surface area contributed by atoms with Gasteiger partial charge in [0.15, 0.2) is 0 Å². The van der Waals surface area contributed by atoms with Crippen molar-refractivity contribution in [1.29, 1.82) is 0 Å². The standard InChI is InChI=1S/C13H23NO2/c1-14-10-2-3-11(14)13(12(15)8-10)9-4-6-16-7-5-9/h9-13,15H,2-8H2,1H3. The molecule has 0 aromatic carbocycles. The fraction of sp³-hybridized carbons (Fsp3) is 1.00. The molecule has 92 valence electrons. The van der Waals surface area contributed by atoms with E-state index >= 15 is 0 Å². The van der Waals surface area contributed by atoms with E-state index in [-0.39, 0.29) is 6.10 Å². The van der Waals surface area contributed by atoms with Crippen LogP contribution in [0.15, 0.2) is 0 Å². The second kappa shape index (κ2) is 4.28. The minimum Gasteiger partial charge on any atom is -0.393 e. The SMILES string of the molecule is CN1C2CCC1C(C1CCOCC1)C(O)C2. The Morgan fingerprint density at radius 3 is 2.62 bits per heavy atom. The maximum Gasteiger partial charge on any atom is 0.0600 e. The highest BCUT2D eigenvalue weighted by Gasteiger charge is 2.47. The van der Waals surface area contributed by atoms with Gasteiger partial charge >= 0.3 is 0 Å². The summed E-state index contributed by atoms with van der Waals surface area (Å²) in [5.41, 5.74) is 0. The van der Waals surface area contributed by atoms with Gasteiger partial charge < -0.3 is 9.84 Å². The summed E-state index contributed by atoms with van der Waals surface area (Å²) in [5.74, 6) is 1.20. The van der Waals surface area contributed by atoms with E-state index in [0.717, 1.165) is 32.5 Å². The summed E-state index contributed by atoms with van der Waals surface area (Å²) in [4.78, 5) is 2.53. The highest BCUT2D eigenvalue weighted by molar-refractivity contribution is 5.01. The third-order valence-corrected chi connectivity index (χ3v) is 5.11. The molecule has 3 saturated heterocycles. The molecule has 0 aromatic heterocycles. The van der Waals surface area contributed by atoms with Gasteiger partial charge in [0.05, 0.1) is 6.10 Å². The van der Waals surface area contributed by atoms with Crippen molar-refractivity contribution in [1.82, 2.24) is 4.90 Å². The molecule has 0 aliphatic carbocycles. The van der Waals surface area contributed by atoms with Crippen molar-refractivity contribution in [2.75, 3.05) is 20.3 Å². The van der Waals surface area contributed by atoms with Gasteiger partial charge in [0, 0.05) is 31.2 Å². The Bertz CT molecular complexity index is 252. The van der Waals surface area contributed by atoms with E-state index in [1.165, 1.54) is 12.8 Å². The summed E-state index contributed by atoms with van der Waals surface area (Å²) >= 11 is 0. The van der Waals surface area contributed by atoms with Crippen LogP contribution in [0.4, 0.5) is 0 Å². The summed E-state index contributed by atoms with van der Waals surface area (Å²) < 4.78 is 5.44. The van der Waals surface area contributed by atoms with Crippen LogP contribution in [0.25, 0.3) is 0 Å². The quantitative estimate of drug-likeness (QED) is 0.729. The van der Waals surface area contributed by atoms with Gasteiger partial charge in [-0.15, -0.1) is 0 Å². The molecule has 3 heterocycles. The van der Waals surface area contributed by atoms with Crippen LogP contribution < -0.4 is 0 Å². The minimum absolute atomic E-state index is 0.0585. The largest absolute Gasteiger partial charge is 0.393 e. The highest BCUT2D eigenvalue weighted by atomic mass is 16.5. The Labute approximate surface area is 97.8 Å². The van der Waals surface area contributed by atoms with E-state index in [0.29, 0.717) is 23.9 Å². The maximum atomic E-state index is 10.4. The van der Waals surface area contributed by atoms with Gasteiger partial charge in [-0.25, -0.2) is 0 Å². The number of piperidine rings is 1. The molecule has 3 heteroatoms. The maximum absolute atomic E-state index is 10.4. The molecular weight excluding hydrogens is 202 g/mol. The van der Waals surface area contributed by atoms with Crippen LogP contribution in [-0.2, 0) is 4.74 Å². The molecule has 0 saturated carbocycles. The number of ether oxygens (including phenoxy) is 1. The summed E-state index contributed by atoms with van der Waals surface area (Å²) in [6, 6.07) is 1.29. The van der Waals surface area contributed by atoms with Crippen molar-refractivity contribution < 1.29 is 9.84 Å². The smallest absolute Gasteiger partial charge is 0.0600 e. The Kier molecular flexibility index (Phi) is 2.94. The first-order valence-electron chi connectivity index (χ1n) is 6.75. The summed E-state index contributed by atoms with van der Waals surface area (Å²) in [7, 11) is 2.25. The van der Waals surface area contributed by atoms with Gasteiger partial charge in [-0.1, -0.05) is 0 Å². The normalized spacial score (nSPS) is 46.1. The number of hydrogen-bond donors (Lipinski definition) is 1. The molecule has 0 spiro atoms.